The molecule has 0 aromatic carbocycles. The lowest BCUT2D eigenvalue weighted by Crippen LogP contribution is -2.30. The van der Waals surface area contributed by atoms with Crippen molar-refractivity contribution in [2.24, 2.45) is 0 Å². The summed E-state index contributed by atoms with van der Waals surface area (Å²) in [6.45, 7) is 6.60. The topological polar surface area (TPSA) is 78.9 Å². The van der Waals surface area contributed by atoms with Crippen LogP contribution in [-0.4, -0.2) is 37.2 Å². The van der Waals surface area contributed by atoms with Crippen LogP contribution >= 0.6 is 0 Å². The van der Waals surface area contributed by atoms with Gasteiger partial charge in [0, 0.05) is 19.3 Å². The monoisotopic (exact) mass is 965 g/mol. The fourth-order valence-corrected chi connectivity index (χ4v) is 8.49. The van der Waals surface area contributed by atoms with Gasteiger partial charge in [0.2, 0.25) is 0 Å². The minimum absolute atomic E-state index is 0.0887. The van der Waals surface area contributed by atoms with Crippen LogP contribution in [0.25, 0.3) is 0 Å². The first kappa shape index (κ1) is 66.1. The van der Waals surface area contributed by atoms with Crippen LogP contribution in [-0.2, 0) is 28.6 Å². The van der Waals surface area contributed by atoms with Crippen LogP contribution in [0.2, 0.25) is 0 Å². The standard InChI is InChI=1S/C63H112O6/c1-4-7-10-13-16-19-22-25-28-30-31-33-36-39-42-45-48-51-54-57-63(66)69-60(58-67-61(64)55-52-49-46-43-40-37-34-27-24-21-18-15-12-9-6-3)59-68-62(65)56-53-50-47-44-41-38-35-32-29-26-23-20-17-14-11-8-5-2/h16,19,25-26,28-29,35,38,44,47,60H,4-15,17-18,20-24,27,30-34,36-37,39-43,45-46,48-59H2,1-3H3/b19-16-,28-25-,29-26-,38-35-,47-44-/t60-/m0/s1. The minimum atomic E-state index is -0.795. The highest BCUT2D eigenvalue weighted by Gasteiger charge is 2.19. The second-order valence-corrected chi connectivity index (χ2v) is 19.9. The SMILES string of the molecule is CCCCC/C=C\C/C=C\CCCCCCCCCCCC(=O)O[C@H](COC(=O)CCC/C=C\C/C=C\C/C=C\CCCCCCCC)COC(=O)CCCCCCCCCCCCCCCCC. The summed E-state index contributed by atoms with van der Waals surface area (Å²) in [5.41, 5.74) is 0. The number of esters is 3. The molecule has 0 bridgehead atoms. The fraction of sp³-hybridized carbons (Fsp3) is 0.794. The first-order valence-corrected chi connectivity index (χ1v) is 29.8. The molecule has 0 aromatic heterocycles. The molecule has 6 heteroatoms. The van der Waals surface area contributed by atoms with E-state index in [2.05, 4.69) is 81.5 Å². The average Bonchev–Trinajstić information content (AvgIpc) is 3.35. The van der Waals surface area contributed by atoms with E-state index in [4.69, 9.17) is 14.2 Å². The van der Waals surface area contributed by atoms with E-state index < -0.39 is 6.10 Å². The van der Waals surface area contributed by atoms with Gasteiger partial charge in [-0.1, -0.05) is 261 Å². The molecule has 0 saturated heterocycles. The van der Waals surface area contributed by atoms with Gasteiger partial charge in [-0.3, -0.25) is 14.4 Å². The number of ether oxygens (including phenoxy) is 3. The Morgan fingerprint density at radius 3 is 0.899 bits per heavy atom. The minimum Gasteiger partial charge on any atom is -0.462 e. The second kappa shape index (κ2) is 57.7. The van der Waals surface area contributed by atoms with Crippen molar-refractivity contribution in [3.05, 3.63) is 60.8 Å². The predicted octanol–water partition coefficient (Wildman–Crippen LogP) is 20.0. The zero-order valence-electron chi connectivity index (χ0n) is 45.8. The third kappa shape index (κ3) is 55.9. The lowest BCUT2D eigenvalue weighted by atomic mass is 10.0. The number of rotatable bonds is 54. The van der Waals surface area contributed by atoms with Crippen molar-refractivity contribution in [2.45, 2.75) is 309 Å². The van der Waals surface area contributed by atoms with E-state index >= 15 is 0 Å². The van der Waals surface area contributed by atoms with Crippen LogP contribution in [0.1, 0.15) is 303 Å². The van der Waals surface area contributed by atoms with Gasteiger partial charge < -0.3 is 14.2 Å². The molecule has 0 aliphatic rings. The molecule has 69 heavy (non-hydrogen) atoms. The molecule has 0 aliphatic heterocycles. The molecule has 0 radical (unpaired) electrons. The third-order valence-corrected chi connectivity index (χ3v) is 13.0. The van der Waals surface area contributed by atoms with Gasteiger partial charge in [0.1, 0.15) is 13.2 Å². The van der Waals surface area contributed by atoms with Gasteiger partial charge in [-0.25, -0.2) is 0 Å². The highest BCUT2D eigenvalue weighted by molar-refractivity contribution is 5.71. The number of carbonyl (C=O) groups excluding carboxylic acids is 3. The molecule has 0 fully saturated rings. The predicted molar refractivity (Wildman–Crippen MR) is 298 cm³/mol. The van der Waals surface area contributed by atoms with Crippen LogP contribution in [0.15, 0.2) is 60.8 Å². The van der Waals surface area contributed by atoms with E-state index in [0.29, 0.717) is 19.3 Å². The maximum absolute atomic E-state index is 12.9. The Balaban J connectivity index is 4.43. The summed E-state index contributed by atoms with van der Waals surface area (Å²) in [5.74, 6) is -0.934. The van der Waals surface area contributed by atoms with E-state index in [1.807, 2.05) is 0 Å². The van der Waals surface area contributed by atoms with Crippen LogP contribution in [0.5, 0.6) is 0 Å². The molecule has 6 nitrogen and oxygen atoms in total. The quantitative estimate of drug-likeness (QED) is 0.0262. The van der Waals surface area contributed by atoms with Crippen molar-refractivity contribution in [3.8, 4) is 0 Å². The molecule has 0 spiro atoms. The molecular formula is C63H112O6. The Kier molecular flexibility index (Phi) is 55.3. The molecule has 0 saturated carbocycles. The molecule has 400 valence electrons. The second-order valence-electron chi connectivity index (χ2n) is 19.9. The molecule has 0 heterocycles. The fourth-order valence-electron chi connectivity index (χ4n) is 8.49. The van der Waals surface area contributed by atoms with Gasteiger partial charge in [0.15, 0.2) is 6.10 Å². The molecule has 0 rings (SSSR count). The van der Waals surface area contributed by atoms with Crippen molar-refractivity contribution in [2.75, 3.05) is 13.2 Å². The largest absolute Gasteiger partial charge is 0.462 e. The van der Waals surface area contributed by atoms with Crippen LogP contribution in [0.3, 0.4) is 0 Å². The van der Waals surface area contributed by atoms with E-state index in [1.54, 1.807) is 0 Å². The Labute approximate surface area is 428 Å². The Bertz CT molecular complexity index is 1250. The highest BCUT2D eigenvalue weighted by Crippen LogP contribution is 2.16. The maximum Gasteiger partial charge on any atom is 0.306 e. The lowest BCUT2D eigenvalue weighted by molar-refractivity contribution is -0.167. The molecular weight excluding hydrogens is 853 g/mol. The van der Waals surface area contributed by atoms with E-state index in [-0.39, 0.29) is 37.5 Å². The number of hydrogen-bond donors (Lipinski definition) is 0. The normalized spacial score (nSPS) is 12.4. The zero-order chi connectivity index (χ0) is 50.0. The molecule has 0 unspecified atom stereocenters. The number of unbranched alkanes of at least 4 members (excludes halogenated alkanes) is 33. The number of allylic oxidation sites excluding steroid dienone is 10. The number of carbonyl (C=O) groups is 3. The van der Waals surface area contributed by atoms with Gasteiger partial charge in [-0.05, 0) is 83.5 Å². The van der Waals surface area contributed by atoms with Gasteiger partial charge in [-0.2, -0.15) is 0 Å². The lowest BCUT2D eigenvalue weighted by Gasteiger charge is -2.18. The van der Waals surface area contributed by atoms with E-state index in [0.717, 1.165) is 64.2 Å². The zero-order valence-corrected chi connectivity index (χ0v) is 45.8. The first-order valence-electron chi connectivity index (χ1n) is 29.8. The molecule has 0 N–H and O–H groups in total. The van der Waals surface area contributed by atoms with Crippen molar-refractivity contribution in [1.29, 1.82) is 0 Å². The Hall–Kier alpha value is -2.89. The van der Waals surface area contributed by atoms with Crippen LogP contribution in [0, 0.1) is 0 Å². The number of hydrogen-bond acceptors (Lipinski definition) is 6. The smallest absolute Gasteiger partial charge is 0.306 e. The van der Waals surface area contributed by atoms with Crippen molar-refractivity contribution in [3.63, 3.8) is 0 Å². The Morgan fingerprint density at radius 1 is 0.290 bits per heavy atom. The van der Waals surface area contributed by atoms with Crippen LogP contribution < -0.4 is 0 Å². The van der Waals surface area contributed by atoms with Gasteiger partial charge >= 0.3 is 17.9 Å². The van der Waals surface area contributed by atoms with Crippen molar-refractivity contribution < 1.29 is 28.6 Å². The average molecular weight is 966 g/mol. The Morgan fingerprint density at radius 2 is 0.536 bits per heavy atom. The van der Waals surface area contributed by atoms with Gasteiger partial charge in [-0.15, -0.1) is 0 Å². The molecule has 0 aromatic rings. The van der Waals surface area contributed by atoms with Gasteiger partial charge in [0.05, 0.1) is 0 Å². The molecule has 1 atom stereocenters. The highest BCUT2D eigenvalue weighted by atomic mass is 16.6. The van der Waals surface area contributed by atoms with Crippen molar-refractivity contribution >= 4 is 17.9 Å². The summed E-state index contributed by atoms with van der Waals surface area (Å²) in [4.78, 5) is 38.2. The van der Waals surface area contributed by atoms with E-state index in [1.165, 1.54) is 193 Å². The maximum atomic E-state index is 12.9. The first-order chi connectivity index (χ1) is 34.0. The van der Waals surface area contributed by atoms with Crippen LogP contribution in [0.4, 0.5) is 0 Å². The van der Waals surface area contributed by atoms with E-state index in [9.17, 15) is 14.4 Å². The summed E-state index contributed by atoms with van der Waals surface area (Å²) in [6, 6.07) is 0. The molecule has 0 aliphatic carbocycles. The third-order valence-electron chi connectivity index (χ3n) is 13.0. The summed E-state index contributed by atoms with van der Waals surface area (Å²) in [7, 11) is 0. The summed E-state index contributed by atoms with van der Waals surface area (Å²) in [6.07, 6.45) is 72.1. The molecule has 0 amide bonds. The summed E-state index contributed by atoms with van der Waals surface area (Å²) in [5, 5.41) is 0. The summed E-state index contributed by atoms with van der Waals surface area (Å²) >= 11 is 0. The van der Waals surface area contributed by atoms with Gasteiger partial charge in [0.25, 0.3) is 0 Å². The van der Waals surface area contributed by atoms with Crippen molar-refractivity contribution in [1.82, 2.24) is 0 Å². The summed E-state index contributed by atoms with van der Waals surface area (Å²) < 4.78 is 16.8.